The van der Waals surface area contributed by atoms with Crippen LogP contribution < -0.4 is 0 Å². The van der Waals surface area contributed by atoms with Crippen LogP contribution in [0.15, 0.2) is 63.4 Å². The highest BCUT2D eigenvalue weighted by Gasteiger charge is 2.28. The third kappa shape index (κ3) is 3.84. The fourth-order valence-electron chi connectivity index (χ4n) is 2.19. The van der Waals surface area contributed by atoms with Crippen molar-refractivity contribution >= 4 is 44.6 Å². The maximum atomic E-state index is 13.1. The van der Waals surface area contributed by atoms with Gasteiger partial charge in [-0.25, -0.2) is 8.42 Å². The van der Waals surface area contributed by atoms with E-state index in [1.54, 1.807) is 18.2 Å². The summed E-state index contributed by atoms with van der Waals surface area (Å²) in [4.78, 5) is 0.906. The fourth-order valence-corrected chi connectivity index (χ4v) is 5.12. The van der Waals surface area contributed by atoms with Crippen molar-refractivity contribution in [3.8, 4) is 0 Å². The molecule has 0 fully saturated rings. The molecule has 126 valence electrons. The summed E-state index contributed by atoms with van der Waals surface area (Å²) >= 11 is 13.5. The van der Waals surface area contributed by atoms with E-state index in [-0.39, 0.29) is 23.0 Å². The number of halogens is 2. The van der Waals surface area contributed by atoms with Crippen LogP contribution in [-0.4, -0.2) is 12.7 Å². The lowest BCUT2D eigenvalue weighted by Crippen LogP contribution is -2.30. The summed E-state index contributed by atoms with van der Waals surface area (Å²) in [5.41, 5.74) is 0. The molecule has 4 nitrogen and oxygen atoms in total. The molecule has 0 aliphatic carbocycles. The predicted molar refractivity (Wildman–Crippen MR) is 95.9 cm³/mol. The minimum Gasteiger partial charge on any atom is -0.468 e. The van der Waals surface area contributed by atoms with Gasteiger partial charge in [-0.1, -0.05) is 29.3 Å². The minimum atomic E-state index is -3.84. The molecule has 0 atom stereocenters. The van der Waals surface area contributed by atoms with Crippen LogP contribution in [0.5, 0.6) is 0 Å². The summed E-state index contributed by atoms with van der Waals surface area (Å²) in [7, 11) is -3.84. The molecule has 0 bridgehead atoms. The number of nitrogens with zero attached hydrogens (tertiary/aromatic N) is 1. The van der Waals surface area contributed by atoms with Gasteiger partial charge in [0, 0.05) is 16.4 Å². The Morgan fingerprint density at radius 3 is 2.58 bits per heavy atom. The Kier molecular flexibility index (Phi) is 5.32. The number of hydrogen-bond donors (Lipinski definition) is 0. The fraction of sp³-hybridized carbons (Fsp3) is 0.125. The molecule has 2 aromatic heterocycles. The molecule has 2 heterocycles. The molecule has 8 heteroatoms. The second kappa shape index (κ2) is 7.29. The molecule has 0 saturated heterocycles. The number of thiophene rings is 1. The lowest BCUT2D eigenvalue weighted by atomic mass is 10.4. The van der Waals surface area contributed by atoms with E-state index in [1.807, 2.05) is 17.5 Å². The molecule has 0 radical (unpaired) electrons. The number of furan rings is 1. The van der Waals surface area contributed by atoms with Crippen LogP contribution in [-0.2, 0) is 23.1 Å². The largest absolute Gasteiger partial charge is 0.468 e. The third-order valence-electron chi connectivity index (χ3n) is 3.34. The maximum absolute atomic E-state index is 13.1. The summed E-state index contributed by atoms with van der Waals surface area (Å²) in [5, 5.41) is 2.35. The number of benzene rings is 1. The second-order valence-electron chi connectivity index (χ2n) is 5.01. The van der Waals surface area contributed by atoms with E-state index in [1.165, 1.54) is 34.0 Å². The summed E-state index contributed by atoms with van der Waals surface area (Å²) in [6, 6.07) is 11.6. The van der Waals surface area contributed by atoms with Gasteiger partial charge in [0.25, 0.3) is 0 Å². The van der Waals surface area contributed by atoms with Gasteiger partial charge in [0.2, 0.25) is 10.0 Å². The van der Waals surface area contributed by atoms with Gasteiger partial charge in [0.1, 0.15) is 10.7 Å². The number of rotatable bonds is 6. The Balaban J connectivity index is 2.00. The first kappa shape index (κ1) is 17.5. The molecule has 0 unspecified atom stereocenters. The van der Waals surface area contributed by atoms with Crippen LogP contribution in [0.25, 0.3) is 0 Å². The number of hydrogen-bond acceptors (Lipinski definition) is 4. The zero-order valence-corrected chi connectivity index (χ0v) is 15.5. The molecule has 3 aromatic rings. The highest BCUT2D eigenvalue weighted by atomic mass is 35.5. The average molecular weight is 402 g/mol. The molecular formula is C16H13Cl2NO3S2. The van der Waals surface area contributed by atoms with Gasteiger partial charge in [0.15, 0.2) is 0 Å². The van der Waals surface area contributed by atoms with Crippen LogP contribution in [0.1, 0.15) is 10.6 Å². The molecule has 1 aromatic carbocycles. The first-order valence-electron chi connectivity index (χ1n) is 6.97. The molecule has 0 aliphatic heterocycles. The molecule has 0 amide bonds. The molecule has 0 saturated carbocycles. The van der Waals surface area contributed by atoms with Crippen molar-refractivity contribution in [2.45, 2.75) is 18.0 Å². The minimum absolute atomic E-state index is 0.0141. The van der Waals surface area contributed by atoms with E-state index in [0.29, 0.717) is 10.8 Å². The highest BCUT2D eigenvalue weighted by molar-refractivity contribution is 7.89. The van der Waals surface area contributed by atoms with Gasteiger partial charge >= 0.3 is 0 Å². The van der Waals surface area contributed by atoms with Gasteiger partial charge in [-0.3, -0.25) is 0 Å². The normalized spacial score (nSPS) is 12.0. The van der Waals surface area contributed by atoms with Crippen molar-refractivity contribution in [2.75, 3.05) is 0 Å². The molecule has 0 spiro atoms. The van der Waals surface area contributed by atoms with E-state index in [9.17, 15) is 8.42 Å². The van der Waals surface area contributed by atoms with Crippen molar-refractivity contribution in [1.29, 1.82) is 0 Å². The van der Waals surface area contributed by atoms with E-state index in [4.69, 9.17) is 27.6 Å². The summed E-state index contributed by atoms with van der Waals surface area (Å²) in [6.45, 7) is 0.333. The van der Waals surface area contributed by atoms with Gasteiger partial charge in [0.05, 0.1) is 17.8 Å². The topological polar surface area (TPSA) is 50.5 Å². The van der Waals surface area contributed by atoms with E-state index >= 15 is 0 Å². The zero-order chi connectivity index (χ0) is 17.2. The number of sulfonamides is 1. The van der Waals surface area contributed by atoms with Gasteiger partial charge in [-0.2, -0.15) is 4.31 Å². The summed E-state index contributed by atoms with van der Waals surface area (Å²) in [6.07, 6.45) is 1.51. The molecular weight excluding hydrogens is 389 g/mol. The zero-order valence-electron chi connectivity index (χ0n) is 12.4. The Morgan fingerprint density at radius 2 is 1.92 bits per heavy atom. The average Bonchev–Trinajstić information content (AvgIpc) is 3.22. The molecule has 3 rings (SSSR count). The van der Waals surface area contributed by atoms with E-state index in [0.717, 1.165) is 4.88 Å². The van der Waals surface area contributed by atoms with Crippen LogP contribution in [0.4, 0.5) is 0 Å². The highest BCUT2D eigenvalue weighted by Crippen LogP contribution is 2.30. The van der Waals surface area contributed by atoms with Gasteiger partial charge < -0.3 is 4.42 Å². The summed E-state index contributed by atoms with van der Waals surface area (Å²) < 4.78 is 32.8. The van der Waals surface area contributed by atoms with Crippen LogP contribution in [0.2, 0.25) is 10.0 Å². The molecule has 24 heavy (non-hydrogen) atoms. The van der Waals surface area contributed by atoms with Crippen molar-refractivity contribution in [1.82, 2.24) is 4.31 Å². The molecule has 0 aliphatic rings. The monoisotopic (exact) mass is 401 g/mol. The Hall–Kier alpha value is -1.31. The third-order valence-corrected chi connectivity index (χ3v) is 6.71. The van der Waals surface area contributed by atoms with Gasteiger partial charge in [-0.15, -0.1) is 11.3 Å². The standard InChI is InChI=1S/C16H13Cl2NO3S2/c17-12-5-6-15(18)16(9-12)24(20,21)19(10-13-3-1-7-22-13)11-14-4-2-8-23-14/h1-9H,10-11H2. The predicted octanol–water partition coefficient (Wildman–Crippen LogP) is 5.04. The Labute approximate surface area is 154 Å². The maximum Gasteiger partial charge on any atom is 0.245 e. The van der Waals surface area contributed by atoms with Crippen molar-refractivity contribution in [3.05, 3.63) is 74.8 Å². The van der Waals surface area contributed by atoms with E-state index < -0.39 is 10.0 Å². The SMILES string of the molecule is O=S(=O)(c1cc(Cl)ccc1Cl)N(Cc1ccco1)Cc1cccs1. The van der Waals surface area contributed by atoms with E-state index in [2.05, 4.69) is 0 Å². The first-order valence-corrected chi connectivity index (χ1v) is 10.0. The van der Waals surface area contributed by atoms with Crippen LogP contribution in [0.3, 0.4) is 0 Å². The lowest BCUT2D eigenvalue weighted by molar-refractivity contribution is 0.360. The Morgan fingerprint density at radius 1 is 1.08 bits per heavy atom. The van der Waals surface area contributed by atoms with Crippen molar-refractivity contribution in [2.24, 2.45) is 0 Å². The van der Waals surface area contributed by atoms with Crippen molar-refractivity contribution in [3.63, 3.8) is 0 Å². The first-order chi connectivity index (χ1) is 11.5. The quantitative estimate of drug-likeness (QED) is 0.581. The second-order valence-corrected chi connectivity index (χ2v) is 8.79. The summed E-state index contributed by atoms with van der Waals surface area (Å²) in [5.74, 6) is 0.549. The smallest absolute Gasteiger partial charge is 0.245 e. The molecule has 0 N–H and O–H groups in total. The van der Waals surface area contributed by atoms with Crippen LogP contribution in [0, 0.1) is 0 Å². The van der Waals surface area contributed by atoms with Gasteiger partial charge in [-0.05, 0) is 41.8 Å². The van der Waals surface area contributed by atoms with Crippen molar-refractivity contribution < 1.29 is 12.8 Å². The Bertz CT molecular complexity index is 871. The van der Waals surface area contributed by atoms with Crippen LogP contribution >= 0.6 is 34.5 Å². The lowest BCUT2D eigenvalue weighted by Gasteiger charge is -2.21.